The number of aliphatic hydroxyl groups is 1. The zero-order chi connectivity index (χ0) is 13.8. The lowest BCUT2D eigenvalue weighted by Gasteiger charge is -2.12. The maximum atomic E-state index is 12.0. The number of amides is 1. The molecule has 0 aliphatic heterocycles. The number of rotatable bonds is 5. The summed E-state index contributed by atoms with van der Waals surface area (Å²) in [6, 6.07) is -1.14. The maximum Gasteiger partial charge on any atom is 0.326 e. The lowest BCUT2D eigenvalue weighted by Crippen LogP contribution is -2.41. The van der Waals surface area contributed by atoms with E-state index in [1.165, 1.54) is 23.1 Å². The molecule has 0 aliphatic carbocycles. The van der Waals surface area contributed by atoms with E-state index in [0.717, 1.165) is 0 Å². The highest BCUT2D eigenvalue weighted by molar-refractivity contribution is 6.01. The molecule has 3 N–H and O–H groups in total. The van der Waals surface area contributed by atoms with Gasteiger partial charge in [-0.1, -0.05) is 0 Å². The number of hydrogen-bond donors (Lipinski definition) is 3. The van der Waals surface area contributed by atoms with E-state index in [9.17, 15) is 9.59 Å². The van der Waals surface area contributed by atoms with Gasteiger partial charge in [0.15, 0.2) is 0 Å². The quantitative estimate of drug-likeness (QED) is 0.657. The molecule has 0 aromatic carbocycles. The lowest BCUT2D eigenvalue weighted by atomic mass is 10.2. The summed E-state index contributed by atoms with van der Waals surface area (Å²) in [5.41, 5.74) is 0.713. The number of aromatic nitrogens is 3. The number of aliphatic carboxylic acids is 1. The molecule has 1 amide bonds. The molecule has 0 spiro atoms. The van der Waals surface area contributed by atoms with Crippen LogP contribution in [0.15, 0.2) is 24.8 Å². The first-order chi connectivity index (χ1) is 9.13. The minimum Gasteiger partial charge on any atom is -0.480 e. The van der Waals surface area contributed by atoms with Gasteiger partial charge in [0.2, 0.25) is 0 Å². The molecular weight excluding hydrogens is 252 g/mol. The molecule has 0 saturated carbocycles. The first-order valence-electron chi connectivity index (χ1n) is 5.55. The third-order valence-corrected chi connectivity index (χ3v) is 2.59. The van der Waals surface area contributed by atoms with Crippen LogP contribution in [-0.2, 0) is 4.79 Å². The third kappa shape index (κ3) is 2.68. The van der Waals surface area contributed by atoms with Crippen LogP contribution in [0, 0.1) is 0 Å². The highest BCUT2D eigenvalue weighted by atomic mass is 16.4. The first kappa shape index (κ1) is 13.0. The average Bonchev–Trinajstić information content (AvgIpc) is 2.81. The molecule has 8 heteroatoms. The molecule has 1 atom stereocenters. The van der Waals surface area contributed by atoms with Crippen LogP contribution in [0.4, 0.5) is 0 Å². The van der Waals surface area contributed by atoms with Crippen LogP contribution in [0.5, 0.6) is 0 Å². The summed E-state index contributed by atoms with van der Waals surface area (Å²) < 4.78 is 1.46. The molecule has 19 heavy (non-hydrogen) atoms. The Kier molecular flexibility index (Phi) is 3.71. The molecule has 0 unspecified atom stereocenters. The third-order valence-electron chi connectivity index (χ3n) is 2.59. The molecule has 2 aromatic rings. The van der Waals surface area contributed by atoms with E-state index >= 15 is 0 Å². The molecule has 0 radical (unpaired) electrons. The van der Waals surface area contributed by atoms with E-state index in [-0.39, 0.29) is 18.6 Å². The Morgan fingerprint density at radius 1 is 1.42 bits per heavy atom. The zero-order valence-electron chi connectivity index (χ0n) is 9.85. The van der Waals surface area contributed by atoms with Crippen LogP contribution in [0.2, 0.25) is 0 Å². The summed E-state index contributed by atoms with van der Waals surface area (Å²) in [6.07, 6.45) is 5.84. The summed E-state index contributed by atoms with van der Waals surface area (Å²) in [6.45, 7) is -0.326. The number of carbonyl (C=O) groups excluding carboxylic acids is 1. The van der Waals surface area contributed by atoms with Crippen molar-refractivity contribution in [3.63, 3.8) is 0 Å². The van der Waals surface area contributed by atoms with Gasteiger partial charge in [-0.15, -0.1) is 0 Å². The van der Waals surface area contributed by atoms with Crippen molar-refractivity contribution in [2.24, 2.45) is 0 Å². The van der Waals surface area contributed by atoms with Crippen LogP contribution < -0.4 is 5.32 Å². The molecule has 8 nitrogen and oxygen atoms in total. The van der Waals surface area contributed by atoms with Gasteiger partial charge in [0.25, 0.3) is 5.91 Å². The van der Waals surface area contributed by atoms with E-state index in [2.05, 4.69) is 15.4 Å². The average molecular weight is 264 g/mol. The van der Waals surface area contributed by atoms with Crippen LogP contribution in [0.25, 0.3) is 5.52 Å². The zero-order valence-corrected chi connectivity index (χ0v) is 9.85. The van der Waals surface area contributed by atoms with E-state index < -0.39 is 17.9 Å². The van der Waals surface area contributed by atoms with Gasteiger partial charge in [-0.3, -0.25) is 9.78 Å². The van der Waals surface area contributed by atoms with Gasteiger partial charge in [0.05, 0.1) is 23.5 Å². The van der Waals surface area contributed by atoms with Crippen molar-refractivity contribution in [3.8, 4) is 0 Å². The lowest BCUT2D eigenvalue weighted by molar-refractivity contribution is -0.139. The molecule has 0 aliphatic rings. The first-order valence-corrected chi connectivity index (χ1v) is 5.55. The fourth-order valence-electron chi connectivity index (χ4n) is 1.63. The summed E-state index contributed by atoms with van der Waals surface area (Å²) in [5.74, 6) is -1.76. The molecule has 2 heterocycles. The van der Waals surface area contributed by atoms with Crippen molar-refractivity contribution in [3.05, 3.63) is 30.4 Å². The Morgan fingerprint density at radius 3 is 2.89 bits per heavy atom. The smallest absolute Gasteiger partial charge is 0.326 e. The molecule has 0 fully saturated rings. The van der Waals surface area contributed by atoms with Gasteiger partial charge in [-0.25, -0.2) is 9.31 Å². The predicted octanol–water partition coefficient (Wildman–Crippen LogP) is -0.705. The highest BCUT2D eigenvalue weighted by Gasteiger charge is 2.21. The van der Waals surface area contributed by atoms with E-state index in [1.54, 1.807) is 6.20 Å². The summed E-state index contributed by atoms with van der Waals surface area (Å²) in [7, 11) is 0. The fraction of sp³-hybridized carbons (Fsp3) is 0.273. The molecule has 100 valence electrons. The van der Waals surface area contributed by atoms with Crippen molar-refractivity contribution < 1.29 is 19.8 Å². The Bertz CT molecular complexity index is 610. The number of aliphatic hydroxyl groups excluding tert-OH is 1. The number of nitrogens with one attached hydrogen (secondary N) is 1. The van der Waals surface area contributed by atoms with Crippen LogP contribution in [0.1, 0.15) is 16.8 Å². The largest absolute Gasteiger partial charge is 0.480 e. The Morgan fingerprint density at radius 2 is 2.21 bits per heavy atom. The van der Waals surface area contributed by atoms with Gasteiger partial charge in [-0.2, -0.15) is 5.10 Å². The maximum absolute atomic E-state index is 12.0. The Balaban J connectivity index is 2.22. The number of nitrogens with zero attached hydrogens (tertiary/aromatic N) is 3. The van der Waals surface area contributed by atoms with E-state index in [1.807, 2.05) is 0 Å². The van der Waals surface area contributed by atoms with Crippen molar-refractivity contribution >= 4 is 17.4 Å². The number of fused-ring (bicyclic) bond motifs is 1. The van der Waals surface area contributed by atoms with Gasteiger partial charge < -0.3 is 15.5 Å². The summed E-state index contributed by atoms with van der Waals surface area (Å²) >= 11 is 0. The van der Waals surface area contributed by atoms with Crippen molar-refractivity contribution in [2.75, 3.05) is 6.61 Å². The fourth-order valence-corrected chi connectivity index (χ4v) is 1.63. The van der Waals surface area contributed by atoms with Crippen molar-refractivity contribution in [1.82, 2.24) is 19.9 Å². The Labute approximate surface area is 107 Å². The monoisotopic (exact) mass is 264 g/mol. The van der Waals surface area contributed by atoms with Gasteiger partial charge in [0, 0.05) is 25.4 Å². The number of carboxylic acid groups (broad SMARTS) is 1. The van der Waals surface area contributed by atoms with Gasteiger partial charge in [-0.05, 0) is 0 Å². The molecule has 2 rings (SSSR count). The van der Waals surface area contributed by atoms with Crippen LogP contribution >= 0.6 is 0 Å². The summed E-state index contributed by atoms with van der Waals surface area (Å²) in [5, 5.41) is 24.0. The predicted molar refractivity (Wildman–Crippen MR) is 63.6 cm³/mol. The second kappa shape index (κ2) is 5.44. The molecule has 0 bridgehead atoms. The van der Waals surface area contributed by atoms with Crippen molar-refractivity contribution in [1.29, 1.82) is 0 Å². The van der Waals surface area contributed by atoms with Gasteiger partial charge in [0.1, 0.15) is 6.04 Å². The minimum absolute atomic E-state index is 0.0570. The second-order valence-electron chi connectivity index (χ2n) is 3.84. The number of hydrogen-bond acceptors (Lipinski definition) is 5. The van der Waals surface area contributed by atoms with E-state index in [4.69, 9.17) is 10.2 Å². The standard InChI is InChI=1S/C11H12N4O4/c16-4-1-8(11(18)19)14-10(17)7-5-13-15-3-2-12-6-9(7)15/h2-3,5-6,8,16H,1,4H2,(H,14,17)(H,18,19)/t8-/m0/s1. The normalized spacial score (nSPS) is 12.3. The van der Waals surface area contributed by atoms with Crippen LogP contribution in [-0.4, -0.2) is 49.3 Å². The number of carboxylic acids is 1. The molecule has 0 saturated heterocycles. The minimum atomic E-state index is -1.20. The van der Waals surface area contributed by atoms with Gasteiger partial charge >= 0.3 is 5.97 Å². The highest BCUT2D eigenvalue weighted by Crippen LogP contribution is 2.09. The van der Waals surface area contributed by atoms with E-state index in [0.29, 0.717) is 5.52 Å². The topological polar surface area (TPSA) is 117 Å². The second-order valence-corrected chi connectivity index (χ2v) is 3.84. The SMILES string of the molecule is O=C(N[C@@H](CCO)C(=O)O)c1cnn2ccncc12. The number of carbonyl (C=O) groups is 2. The Hall–Kier alpha value is -2.48. The van der Waals surface area contributed by atoms with Crippen molar-refractivity contribution in [2.45, 2.75) is 12.5 Å². The van der Waals surface area contributed by atoms with Crippen LogP contribution in [0.3, 0.4) is 0 Å². The molecular formula is C11H12N4O4. The molecule has 2 aromatic heterocycles. The summed E-state index contributed by atoms with van der Waals surface area (Å²) in [4.78, 5) is 26.8.